The molecule has 2 fully saturated rings. The Kier molecular flexibility index (Phi) is 6.26. The Morgan fingerprint density at radius 1 is 1.03 bits per heavy atom. The van der Waals surface area contributed by atoms with E-state index in [-0.39, 0.29) is 17.4 Å². The Morgan fingerprint density at radius 2 is 1.75 bits per heavy atom. The van der Waals surface area contributed by atoms with Crippen LogP contribution < -0.4 is 10.2 Å². The van der Waals surface area contributed by atoms with Gasteiger partial charge in [0.25, 0.3) is 0 Å². The first-order valence-corrected chi connectivity index (χ1v) is 12.4. The van der Waals surface area contributed by atoms with Gasteiger partial charge in [0, 0.05) is 48.6 Å². The second-order valence-corrected chi connectivity index (χ2v) is 9.83. The molecule has 1 saturated carbocycles. The van der Waals surface area contributed by atoms with Crippen LogP contribution in [0.5, 0.6) is 0 Å². The highest BCUT2D eigenvalue weighted by Gasteiger charge is 2.35. The molecule has 2 heterocycles. The fraction of sp³-hybridized carbons (Fsp3) is 0.444. The van der Waals surface area contributed by atoms with Crippen LogP contribution in [-0.2, 0) is 11.0 Å². The summed E-state index contributed by atoms with van der Waals surface area (Å²) in [6, 6.07) is 9.98. The fourth-order valence-electron chi connectivity index (χ4n) is 5.07. The molecule has 0 radical (unpaired) electrons. The molecular formula is C27H30F3N5O. The van der Waals surface area contributed by atoms with Crippen molar-refractivity contribution in [2.24, 2.45) is 5.92 Å². The topological polar surface area (TPSA) is 61.4 Å². The first-order valence-electron chi connectivity index (χ1n) is 12.4. The van der Waals surface area contributed by atoms with Crippen LogP contribution in [0.25, 0.3) is 10.8 Å². The molecule has 1 unspecified atom stereocenters. The number of alkyl halides is 3. The third kappa shape index (κ3) is 4.70. The van der Waals surface area contributed by atoms with Crippen molar-refractivity contribution in [3.8, 4) is 0 Å². The highest BCUT2D eigenvalue weighted by Crippen LogP contribution is 2.36. The molecule has 5 rings (SSSR count). The molecule has 0 spiro atoms. The predicted octanol–water partition coefficient (Wildman–Crippen LogP) is 5.50. The SMILES string of the molecule is Cc1c(C(C)Nc2nnc(C)c3ccc(N4CCN(C(=O)C5CC5)CC4)cc23)cccc1C(F)(F)F. The summed E-state index contributed by atoms with van der Waals surface area (Å²) in [4.78, 5) is 16.6. The van der Waals surface area contributed by atoms with Crippen molar-refractivity contribution >= 4 is 28.2 Å². The van der Waals surface area contributed by atoms with Gasteiger partial charge >= 0.3 is 6.18 Å². The highest BCUT2D eigenvalue weighted by atomic mass is 19.4. The van der Waals surface area contributed by atoms with Gasteiger partial charge < -0.3 is 15.1 Å². The number of rotatable bonds is 5. The summed E-state index contributed by atoms with van der Waals surface area (Å²) < 4.78 is 40.3. The number of nitrogens with zero attached hydrogens (tertiary/aromatic N) is 4. The van der Waals surface area contributed by atoms with Gasteiger partial charge in [-0.15, -0.1) is 5.10 Å². The molecule has 1 aliphatic heterocycles. The summed E-state index contributed by atoms with van der Waals surface area (Å²) >= 11 is 0. The lowest BCUT2D eigenvalue weighted by molar-refractivity contribution is -0.138. The third-order valence-corrected chi connectivity index (χ3v) is 7.33. The zero-order chi connectivity index (χ0) is 25.6. The maximum atomic E-state index is 13.4. The van der Waals surface area contributed by atoms with Crippen molar-refractivity contribution in [1.29, 1.82) is 0 Å². The fourth-order valence-corrected chi connectivity index (χ4v) is 5.07. The van der Waals surface area contributed by atoms with Crippen molar-refractivity contribution in [3.63, 3.8) is 0 Å². The van der Waals surface area contributed by atoms with Gasteiger partial charge in [0.15, 0.2) is 5.82 Å². The van der Waals surface area contributed by atoms with Gasteiger partial charge in [0.05, 0.1) is 17.3 Å². The van der Waals surface area contributed by atoms with Crippen molar-refractivity contribution in [2.75, 3.05) is 36.4 Å². The van der Waals surface area contributed by atoms with Crippen LogP contribution in [0.15, 0.2) is 36.4 Å². The summed E-state index contributed by atoms with van der Waals surface area (Å²) in [5.74, 6) is 1.04. The average molecular weight is 498 g/mol. The van der Waals surface area contributed by atoms with E-state index >= 15 is 0 Å². The molecule has 0 bridgehead atoms. The molecular weight excluding hydrogens is 467 g/mol. The monoisotopic (exact) mass is 497 g/mol. The van der Waals surface area contributed by atoms with E-state index in [9.17, 15) is 18.0 Å². The first-order chi connectivity index (χ1) is 17.1. The largest absolute Gasteiger partial charge is 0.416 e. The molecule has 3 aromatic rings. The van der Waals surface area contributed by atoms with Crippen LogP contribution >= 0.6 is 0 Å². The summed E-state index contributed by atoms with van der Waals surface area (Å²) in [5.41, 5.74) is 1.95. The van der Waals surface area contributed by atoms with Crippen molar-refractivity contribution in [2.45, 2.75) is 45.8 Å². The first kappa shape index (κ1) is 24.3. The molecule has 190 valence electrons. The van der Waals surface area contributed by atoms with Crippen LogP contribution in [0.1, 0.15) is 48.2 Å². The molecule has 1 aromatic heterocycles. The zero-order valence-electron chi connectivity index (χ0n) is 20.7. The minimum atomic E-state index is -4.40. The second kappa shape index (κ2) is 9.26. The van der Waals surface area contributed by atoms with Crippen LogP contribution in [0.4, 0.5) is 24.7 Å². The van der Waals surface area contributed by atoms with Crippen LogP contribution in [-0.4, -0.2) is 47.2 Å². The summed E-state index contributed by atoms with van der Waals surface area (Å²) in [5, 5.41) is 13.8. The van der Waals surface area contributed by atoms with Crippen LogP contribution in [0.3, 0.4) is 0 Å². The van der Waals surface area contributed by atoms with E-state index in [0.717, 1.165) is 54.2 Å². The zero-order valence-corrected chi connectivity index (χ0v) is 20.7. The molecule has 9 heteroatoms. The van der Waals surface area contributed by atoms with Crippen molar-refractivity contribution in [1.82, 2.24) is 15.1 Å². The Hall–Kier alpha value is -3.36. The molecule has 1 atom stereocenters. The standard InChI is InChI=1S/C27H30F3N5O/c1-16-21(5-4-6-24(16)27(28,29)30)17(2)31-25-23-15-20(9-10-22(23)18(3)32-33-25)34-11-13-35(14-12-34)26(36)19-7-8-19/h4-6,9-10,15,17,19H,7-8,11-14H2,1-3H3,(H,31,33). The number of carbonyl (C=O) groups is 1. The number of amides is 1. The molecule has 1 saturated heterocycles. The Morgan fingerprint density at radius 3 is 2.42 bits per heavy atom. The number of nitrogens with one attached hydrogen (secondary N) is 1. The summed E-state index contributed by atoms with van der Waals surface area (Å²) in [6.45, 7) is 8.14. The van der Waals surface area contributed by atoms with Crippen LogP contribution in [0, 0.1) is 19.8 Å². The van der Waals surface area contributed by atoms with E-state index < -0.39 is 17.8 Å². The molecule has 1 N–H and O–H groups in total. The Labute approximate surface area is 208 Å². The van der Waals surface area contributed by atoms with E-state index in [2.05, 4.69) is 32.5 Å². The van der Waals surface area contributed by atoms with Crippen molar-refractivity contribution in [3.05, 3.63) is 58.8 Å². The number of aryl methyl sites for hydroxylation is 1. The number of carbonyl (C=O) groups excluding carboxylic acids is 1. The van der Waals surface area contributed by atoms with Gasteiger partial charge in [-0.25, -0.2) is 0 Å². The molecule has 2 aromatic carbocycles. The van der Waals surface area contributed by atoms with E-state index in [4.69, 9.17) is 0 Å². The Bertz CT molecular complexity index is 1300. The summed E-state index contributed by atoms with van der Waals surface area (Å²) in [6.07, 6.45) is -2.38. The van der Waals surface area contributed by atoms with E-state index in [1.807, 2.05) is 24.8 Å². The minimum Gasteiger partial charge on any atom is -0.368 e. The molecule has 6 nitrogen and oxygen atoms in total. The predicted molar refractivity (Wildman–Crippen MR) is 134 cm³/mol. The van der Waals surface area contributed by atoms with E-state index in [1.165, 1.54) is 13.0 Å². The molecule has 2 aliphatic rings. The van der Waals surface area contributed by atoms with Gasteiger partial charge in [-0.1, -0.05) is 18.2 Å². The molecule has 1 amide bonds. The number of hydrogen-bond donors (Lipinski definition) is 1. The number of anilines is 2. The highest BCUT2D eigenvalue weighted by molar-refractivity contribution is 5.95. The molecule has 1 aliphatic carbocycles. The van der Waals surface area contributed by atoms with Crippen LogP contribution in [0.2, 0.25) is 0 Å². The second-order valence-electron chi connectivity index (χ2n) is 9.83. The van der Waals surface area contributed by atoms with E-state index in [0.29, 0.717) is 24.5 Å². The van der Waals surface area contributed by atoms with E-state index in [1.54, 1.807) is 6.07 Å². The Balaban J connectivity index is 1.40. The lowest BCUT2D eigenvalue weighted by atomic mass is 9.97. The van der Waals surface area contributed by atoms with Gasteiger partial charge in [-0.2, -0.15) is 18.3 Å². The van der Waals surface area contributed by atoms with Gasteiger partial charge in [-0.05, 0) is 62.9 Å². The molecule has 36 heavy (non-hydrogen) atoms. The maximum Gasteiger partial charge on any atom is 0.416 e. The number of piperazine rings is 1. The normalized spacial score (nSPS) is 17.4. The number of aromatic nitrogens is 2. The van der Waals surface area contributed by atoms with Gasteiger partial charge in [0.1, 0.15) is 0 Å². The lowest BCUT2D eigenvalue weighted by Gasteiger charge is -2.36. The number of benzene rings is 2. The quantitative estimate of drug-likeness (QED) is 0.505. The number of fused-ring (bicyclic) bond motifs is 1. The lowest BCUT2D eigenvalue weighted by Crippen LogP contribution is -2.49. The maximum absolute atomic E-state index is 13.4. The summed E-state index contributed by atoms with van der Waals surface area (Å²) in [7, 11) is 0. The van der Waals surface area contributed by atoms with Gasteiger partial charge in [-0.3, -0.25) is 4.79 Å². The number of hydrogen-bond acceptors (Lipinski definition) is 5. The smallest absolute Gasteiger partial charge is 0.368 e. The van der Waals surface area contributed by atoms with Crippen molar-refractivity contribution < 1.29 is 18.0 Å². The third-order valence-electron chi connectivity index (χ3n) is 7.33. The van der Waals surface area contributed by atoms with Gasteiger partial charge in [0.2, 0.25) is 5.91 Å². The number of halogens is 3. The average Bonchev–Trinajstić information content (AvgIpc) is 3.70. The minimum absolute atomic E-state index is 0.202.